The summed E-state index contributed by atoms with van der Waals surface area (Å²) in [5.41, 5.74) is 0.874. The number of hydrogen-bond donors (Lipinski definition) is 1. The molecule has 4 heteroatoms. The number of nitrogens with one attached hydrogen (secondary N) is 1. The van der Waals surface area contributed by atoms with Gasteiger partial charge in [0.1, 0.15) is 5.82 Å². The first-order valence-electron chi connectivity index (χ1n) is 6.06. The monoisotopic (exact) mass is 335 g/mol. The standard InChI is InChI=1S/C14H20BrClFN/c1-14(2,3)7-12(16)9-18-8-10-6-11(15)4-5-13(10)17/h4-6,12,18H,7-9H2,1-3H3. The van der Waals surface area contributed by atoms with Gasteiger partial charge in [-0.2, -0.15) is 0 Å². The molecule has 0 aliphatic carbocycles. The Hall–Kier alpha value is -0.120. The maximum Gasteiger partial charge on any atom is 0.127 e. The summed E-state index contributed by atoms with van der Waals surface area (Å²) in [7, 11) is 0. The Bertz CT molecular complexity index is 390. The van der Waals surface area contributed by atoms with Crippen LogP contribution in [0.4, 0.5) is 4.39 Å². The van der Waals surface area contributed by atoms with Gasteiger partial charge < -0.3 is 5.32 Å². The maximum absolute atomic E-state index is 13.5. The van der Waals surface area contributed by atoms with E-state index >= 15 is 0 Å². The molecule has 1 N–H and O–H groups in total. The van der Waals surface area contributed by atoms with Gasteiger partial charge in [0.2, 0.25) is 0 Å². The topological polar surface area (TPSA) is 12.0 Å². The molecule has 1 aromatic carbocycles. The number of benzene rings is 1. The Balaban J connectivity index is 2.40. The molecule has 18 heavy (non-hydrogen) atoms. The average molecular weight is 337 g/mol. The Morgan fingerprint density at radius 2 is 2.06 bits per heavy atom. The van der Waals surface area contributed by atoms with Crippen LogP contribution in [-0.4, -0.2) is 11.9 Å². The molecule has 0 aliphatic rings. The summed E-state index contributed by atoms with van der Waals surface area (Å²) in [6.45, 7) is 7.67. The van der Waals surface area contributed by atoms with Gasteiger partial charge in [0.05, 0.1) is 0 Å². The van der Waals surface area contributed by atoms with Gasteiger partial charge in [-0.15, -0.1) is 11.6 Å². The first-order valence-corrected chi connectivity index (χ1v) is 7.29. The third-order valence-corrected chi connectivity index (χ3v) is 3.32. The van der Waals surface area contributed by atoms with Gasteiger partial charge in [-0.05, 0) is 30.0 Å². The lowest BCUT2D eigenvalue weighted by atomic mass is 9.90. The molecule has 0 fully saturated rings. The SMILES string of the molecule is CC(C)(C)CC(Cl)CNCc1cc(Br)ccc1F. The molecule has 0 radical (unpaired) electrons. The van der Waals surface area contributed by atoms with Crippen LogP contribution < -0.4 is 5.32 Å². The van der Waals surface area contributed by atoms with E-state index in [4.69, 9.17) is 11.6 Å². The minimum absolute atomic E-state index is 0.0696. The Kier molecular flexibility index (Phi) is 6.09. The van der Waals surface area contributed by atoms with Crippen LogP contribution in [0.15, 0.2) is 22.7 Å². The average Bonchev–Trinajstić information content (AvgIpc) is 2.20. The van der Waals surface area contributed by atoms with E-state index in [-0.39, 0.29) is 16.6 Å². The molecule has 0 bridgehead atoms. The van der Waals surface area contributed by atoms with Crippen LogP contribution in [0.25, 0.3) is 0 Å². The van der Waals surface area contributed by atoms with Crippen LogP contribution >= 0.6 is 27.5 Å². The van der Waals surface area contributed by atoms with E-state index in [1.165, 1.54) is 6.07 Å². The Labute approximate surface area is 122 Å². The molecule has 1 nitrogen and oxygen atoms in total. The Morgan fingerprint density at radius 1 is 1.39 bits per heavy atom. The minimum Gasteiger partial charge on any atom is -0.311 e. The molecule has 1 aromatic rings. The number of halogens is 3. The second-order valence-corrected chi connectivity index (χ2v) is 7.26. The molecule has 0 aromatic heterocycles. The van der Waals surface area contributed by atoms with Crippen molar-refractivity contribution in [2.75, 3.05) is 6.54 Å². The van der Waals surface area contributed by atoms with Gasteiger partial charge in [-0.1, -0.05) is 36.7 Å². The van der Waals surface area contributed by atoms with Crippen LogP contribution in [0.1, 0.15) is 32.8 Å². The minimum atomic E-state index is -0.187. The largest absolute Gasteiger partial charge is 0.311 e. The highest BCUT2D eigenvalue weighted by atomic mass is 79.9. The zero-order chi connectivity index (χ0) is 13.8. The van der Waals surface area contributed by atoms with E-state index in [2.05, 4.69) is 42.0 Å². The first kappa shape index (κ1) is 15.9. The zero-order valence-electron chi connectivity index (χ0n) is 11.1. The summed E-state index contributed by atoms with van der Waals surface area (Å²) in [6, 6.07) is 4.95. The van der Waals surface area contributed by atoms with Crippen molar-refractivity contribution in [2.45, 2.75) is 39.1 Å². The number of rotatable bonds is 5. The van der Waals surface area contributed by atoms with Crippen LogP contribution in [0.5, 0.6) is 0 Å². The molecule has 102 valence electrons. The third-order valence-electron chi connectivity index (χ3n) is 2.52. The van der Waals surface area contributed by atoms with E-state index < -0.39 is 0 Å². The second kappa shape index (κ2) is 6.88. The lowest BCUT2D eigenvalue weighted by Gasteiger charge is -2.22. The molecule has 1 rings (SSSR count). The van der Waals surface area contributed by atoms with E-state index in [0.29, 0.717) is 18.7 Å². The summed E-state index contributed by atoms with van der Waals surface area (Å²) < 4.78 is 14.4. The summed E-state index contributed by atoms with van der Waals surface area (Å²) >= 11 is 9.57. The predicted molar refractivity (Wildman–Crippen MR) is 79.5 cm³/mol. The molecule has 0 saturated heterocycles. The molecule has 0 spiro atoms. The fourth-order valence-electron chi connectivity index (χ4n) is 1.78. The fraction of sp³-hybridized carbons (Fsp3) is 0.571. The highest BCUT2D eigenvalue weighted by Crippen LogP contribution is 2.23. The van der Waals surface area contributed by atoms with E-state index in [0.717, 1.165) is 10.9 Å². The highest BCUT2D eigenvalue weighted by Gasteiger charge is 2.16. The van der Waals surface area contributed by atoms with Crippen molar-refractivity contribution in [1.82, 2.24) is 5.32 Å². The van der Waals surface area contributed by atoms with Crippen molar-refractivity contribution in [2.24, 2.45) is 5.41 Å². The van der Waals surface area contributed by atoms with Crippen LogP contribution in [0.3, 0.4) is 0 Å². The maximum atomic E-state index is 13.5. The smallest absolute Gasteiger partial charge is 0.127 e. The van der Waals surface area contributed by atoms with E-state index in [9.17, 15) is 4.39 Å². The first-order chi connectivity index (χ1) is 8.28. The van der Waals surface area contributed by atoms with E-state index in [1.807, 2.05) is 0 Å². The molecule has 1 unspecified atom stereocenters. The van der Waals surface area contributed by atoms with Crippen molar-refractivity contribution in [3.63, 3.8) is 0 Å². The summed E-state index contributed by atoms with van der Waals surface area (Å²) in [4.78, 5) is 0. The van der Waals surface area contributed by atoms with Gasteiger partial charge in [-0.25, -0.2) is 4.39 Å². The number of alkyl halides is 1. The van der Waals surface area contributed by atoms with Crippen molar-refractivity contribution in [3.05, 3.63) is 34.1 Å². The molecule has 0 amide bonds. The normalized spacial score (nSPS) is 13.7. The summed E-state index contributed by atoms with van der Waals surface area (Å²) in [6.07, 6.45) is 0.933. The third kappa shape index (κ3) is 6.17. The van der Waals surface area contributed by atoms with Crippen molar-refractivity contribution < 1.29 is 4.39 Å². The van der Waals surface area contributed by atoms with E-state index in [1.54, 1.807) is 12.1 Å². The quantitative estimate of drug-likeness (QED) is 0.767. The summed E-state index contributed by atoms with van der Waals surface area (Å²) in [5, 5.41) is 3.27. The second-order valence-electron chi connectivity index (χ2n) is 5.73. The van der Waals surface area contributed by atoms with Crippen LogP contribution in [0.2, 0.25) is 0 Å². The zero-order valence-corrected chi connectivity index (χ0v) is 13.4. The van der Waals surface area contributed by atoms with Crippen molar-refractivity contribution >= 4 is 27.5 Å². The molecular weight excluding hydrogens is 317 g/mol. The highest BCUT2D eigenvalue weighted by molar-refractivity contribution is 9.10. The van der Waals surface area contributed by atoms with Crippen LogP contribution in [0, 0.1) is 11.2 Å². The van der Waals surface area contributed by atoms with Gasteiger partial charge in [0, 0.05) is 28.5 Å². The van der Waals surface area contributed by atoms with Crippen molar-refractivity contribution in [1.29, 1.82) is 0 Å². The lowest BCUT2D eigenvalue weighted by Crippen LogP contribution is -2.26. The summed E-state index contributed by atoms with van der Waals surface area (Å²) in [5.74, 6) is -0.187. The lowest BCUT2D eigenvalue weighted by molar-refractivity contribution is 0.364. The van der Waals surface area contributed by atoms with Gasteiger partial charge in [0.15, 0.2) is 0 Å². The van der Waals surface area contributed by atoms with Crippen LogP contribution in [-0.2, 0) is 6.54 Å². The van der Waals surface area contributed by atoms with Crippen molar-refractivity contribution in [3.8, 4) is 0 Å². The van der Waals surface area contributed by atoms with Gasteiger partial charge in [-0.3, -0.25) is 0 Å². The fourth-order valence-corrected chi connectivity index (χ4v) is 2.76. The van der Waals surface area contributed by atoms with Gasteiger partial charge in [0.25, 0.3) is 0 Å². The molecule has 0 saturated carbocycles. The number of hydrogen-bond acceptors (Lipinski definition) is 1. The molecule has 0 heterocycles. The molecule has 0 aliphatic heterocycles. The Morgan fingerprint density at radius 3 is 2.67 bits per heavy atom. The van der Waals surface area contributed by atoms with Gasteiger partial charge >= 0.3 is 0 Å². The predicted octanol–water partition coefficient (Wildman–Crippen LogP) is 4.72. The molecular formula is C14H20BrClFN. The molecule has 1 atom stereocenters.